The number of fused-ring (bicyclic) bond motifs is 3. The summed E-state index contributed by atoms with van der Waals surface area (Å²) in [5, 5.41) is 2.91. The zero-order chi connectivity index (χ0) is 15.0. The Hall–Kier alpha value is -2.00. The van der Waals surface area contributed by atoms with Gasteiger partial charge in [0.1, 0.15) is 0 Å². The molecule has 0 saturated heterocycles. The van der Waals surface area contributed by atoms with Crippen molar-refractivity contribution in [2.24, 2.45) is 0 Å². The van der Waals surface area contributed by atoms with Gasteiger partial charge in [0.05, 0.1) is 12.5 Å². The first-order valence-electron chi connectivity index (χ1n) is 6.97. The van der Waals surface area contributed by atoms with Crippen molar-refractivity contribution in [2.45, 2.75) is 19.8 Å². The Kier molecular flexibility index (Phi) is 3.60. The summed E-state index contributed by atoms with van der Waals surface area (Å²) in [4.78, 5) is 15.2. The number of aromatic nitrogens is 1. The molecule has 1 aromatic heterocycles. The minimum absolute atomic E-state index is 0.198. The summed E-state index contributed by atoms with van der Waals surface area (Å²) < 4.78 is 5.08. The third kappa shape index (κ3) is 2.49. The fourth-order valence-corrected chi connectivity index (χ4v) is 2.74. The molecule has 0 saturated carbocycles. The van der Waals surface area contributed by atoms with E-state index in [1.165, 1.54) is 0 Å². The quantitative estimate of drug-likeness (QED) is 0.716. The molecule has 4 heteroatoms. The van der Waals surface area contributed by atoms with Crippen molar-refractivity contribution in [3.8, 4) is 0 Å². The van der Waals surface area contributed by atoms with Gasteiger partial charge in [-0.15, -0.1) is 0 Å². The van der Waals surface area contributed by atoms with Crippen LogP contribution in [0.5, 0.6) is 0 Å². The van der Waals surface area contributed by atoms with Crippen LogP contribution in [0.25, 0.3) is 21.8 Å². The van der Waals surface area contributed by atoms with Crippen molar-refractivity contribution >= 4 is 39.4 Å². The van der Waals surface area contributed by atoms with Gasteiger partial charge in [0.25, 0.3) is 0 Å². The molecule has 1 N–H and O–H groups in total. The maximum Gasteiger partial charge on any atom is 0.313 e. The number of hydrogen-bond donors (Lipinski definition) is 1. The lowest BCUT2D eigenvalue weighted by atomic mass is 10.00. The van der Waals surface area contributed by atoms with E-state index in [0.717, 1.165) is 27.4 Å². The van der Waals surface area contributed by atoms with E-state index >= 15 is 0 Å². The van der Waals surface area contributed by atoms with Crippen molar-refractivity contribution < 1.29 is 9.53 Å². The van der Waals surface area contributed by atoms with Crippen molar-refractivity contribution in [1.29, 1.82) is 0 Å². The first-order valence-corrected chi connectivity index (χ1v) is 7.35. The van der Waals surface area contributed by atoms with Gasteiger partial charge in [-0.1, -0.05) is 23.7 Å². The van der Waals surface area contributed by atoms with E-state index in [1.807, 2.05) is 50.2 Å². The first-order chi connectivity index (χ1) is 10.1. The summed E-state index contributed by atoms with van der Waals surface area (Å²) >= 11 is 6.06. The molecule has 0 fully saturated rings. The van der Waals surface area contributed by atoms with Gasteiger partial charge in [-0.05, 0) is 43.7 Å². The number of benzene rings is 2. The van der Waals surface area contributed by atoms with Crippen LogP contribution in [0, 0.1) is 0 Å². The van der Waals surface area contributed by atoms with E-state index in [2.05, 4.69) is 4.98 Å². The average molecular weight is 302 g/mol. The molecule has 0 amide bonds. The second-order valence-electron chi connectivity index (χ2n) is 5.09. The first kappa shape index (κ1) is 14.0. The highest BCUT2D eigenvalue weighted by Crippen LogP contribution is 2.30. The molecular formula is C17H16ClNO2. The van der Waals surface area contributed by atoms with Crippen LogP contribution >= 0.6 is 11.6 Å². The lowest BCUT2D eigenvalue weighted by molar-refractivity contribution is -0.144. The van der Waals surface area contributed by atoms with Crippen LogP contribution in [0.15, 0.2) is 36.4 Å². The number of carbonyl (C=O) groups is 1. The smallest absolute Gasteiger partial charge is 0.313 e. The number of carbonyl (C=O) groups excluding carboxylic acids is 1. The van der Waals surface area contributed by atoms with Crippen LogP contribution in [-0.2, 0) is 9.53 Å². The van der Waals surface area contributed by atoms with Crippen LogP contribution in [-0.4, -0.2) is 17.6 Å². The molecule has 1 atom stereocenters. The summed E-state index contributed by atoms with van der Waals surface area (Å²) in [5.74, 6) is -0.472. The molecule has 0 aliphatic carbocycles. The Morgan fingerprint density at radius 2 is 2.00 bits per heavy atom. The standard InChI is InChI=1S/C17H16ClNO2/c1-3-21-17(20)10(2)11-4-6-13-14-9-12(18)5-7-15(14)19-16(13)8-11/h4-10,19H,3H2,1-2H3/t10-/m0/s1. The van der Waals surface area contributed by atoms with Gasteiger partial charge >= 0.3 is 5.97 Å². The average Bonchev–Trinajstić information content (AvgIpc) is 2.83. The zero-order valence-corrected chi connectivity index (χ0v) is 12.7. The van der Waals surface area contributed by atoms with E-state index in [-0.39, 0.29) is 11.9 Å². The predicted octanol–water partition coefficient (Wildman–Crippen LogP) is 4.64. The fourth-order valence-electron chi connectivity index (χ4n) is 2.57. The SMILES string of the molecule is CCOC(=O)[C@@H](C)c1ccc2c(c1)[nH]c1ccc(Cl)cc12. The number of esters is 1. The fraction of sp³-hybridized carbons (Fsp3) is 0.235. The van der Waals surface area contributed by atoms with Gasteiger partial charge in [0, 0.05) is 26.8 Å². The van der Waals surface area contributed by atoms with Crippen molar-refractivity contribution in [1.82, 2.24) is 4.98 Å². The number of rotatable bonds is 3. The van der Waals surface area contributed by atoms with Gasteiger partial charge in [-0.2, -0.15) is 0 Å². The molecule has 1 heterocycles. The van der Waals surface area contributed by atoms with Crippen molar-refractivity contribution in [3.05, 3.63) is 47.0 Å². The molecule has 0 radical (unpaired) electrons. The number of aromatic amines is 1. The third-order valence-electron chi connectivity index (χ3n) is 3.72. The van der Waals surface area contributed by atoms with Crippen molar-refractivity contribution in [3.63, 3.8) is 0 Å². The molecule has 108 valence electrons. The molecule has 3 aromatic rings. The molecule has 3 nitrogen and oxygen atoms in total. The topological polar surface area (TPSA) is 42.1 Å². The Labute approximate surface area is 127 Å². The number of nitrogens with one attached hydrogen (secondary N) is 1. The lowest BCUT2D eigenvalue weighted by Crippen LogP contribution is -2.12. The minimum atomic E-state index is -0.274. The Bertz CT molecular complexity index is 822. The summed E-state index contributed by atoms with van der Waals surface area (Å²) in [6.45, 7) is 4.07. The van der Waals surface area contributed by atoms with Gasteiger partial charge in [0.15, 0.2) is 0 Å². The Morgan fingerprint density at radius 1 is 1.19 bits per heavy atom. The molecular weight excluding hydrogens is 286 g/mol. The molecule has 21 heavy (non-hydrogen) atoms. The molecule has 0 aliphatic rings. The summed E-state index contributed by atoms with van der Waals surface area (Å²) in [6.07, 6.45) is 0. The highest BCUT2D eigenvalue weighted by Gasteiger charge is 2.17. The maximum absolute atomic E-state index is 11.8. The van der Waals surface area contributed by atoms with E-state index in [1.54, 1.807) is 0 Å². The molecule has 0 bridgehead atoms. The second-order valence-corrected chi connectivity index (χ2v) is 5.53. The monoisotopic (exact) mass is 301 g/mol. The number of halogens is 1. The maximum atomic E-state index is 11.8. The van der Waals surface area contributed by atoms with Crippen LogP contribution in [0.1, 0.15) is 25.3 Å². The van der Waals surface area contributed by atoms with E-state index < -0.39 is 0 Å². The van der Waals surface area contributed by atoms with Crippen LogP contribution in [0.2, 0.25) is 5.02 Å². The van der Waals surface area contributed by atoms with Crippen LogP contribution in [0.4, 0.5) is 0 Å². The second kappa shape index (κ2) is 5.41. The highest BCUT2D eigenvalue weighted by atomic mass is 35.5. The molecule has 0 aliphatic heterocycles. The van der Waals surface area contributed by atoms with Gasteiger partial charge in [-0.25, -0.2) is 0 Å². The number of ether oxygens (including phenoxy) is 1. The largest absolute Gasteiger partial charge is 0.466 e. The van der Waals surface area contributed by atoms with Crippen LogP contribution in [0.3, 0.4) is 0 Å². The molecule has 0 spiro atoms. The lowest BCUT2D eigenvalue weighted by Gasteiger charge is -2.10. The molecule has 3 rings (SSSR count). The highest BCUT2D eigenvalue weighted by molar-refractivity contribution is 6.31. The number of hydrogen-bond acceptors (Lipinski definition) is 2. The van der Waals surface area contributed by atoms with E-state index in [4.69, 9.17) is 16.3 Å². The van der Waals surface area contributed by atoms with Gasteiger partial charge < -0.3 is 9.72 Å². The summed E-state index contributed by atoms with van der Waals surface area (Å²) in [6, 6.07) is 11.8. The van der Waals surface area contributed by atoms with Crippen molar-refractivity contribution in [2.75, 3.05) is 6.61 Å². The Morgan fingerprint density at radius 3 is 2.76 bits per heavy atom. The van der Waals surface area contributed by atoms with Crippen LogP contribution < -0.4 is 0 Å². The third-order valence-corrected chi connectivity index (χ3v) is 3.96. The zero-order valence-electron chi connectivity index (χ0n) is 11.9. The predicted molar refractivity (Wildman–Crippen MR) is 85.9 cm³/mol. The minimum Gasteiger partial charge on any atom is -0.466 e. The summed E-state index contributed by atoms with van der Waals surface area (Å²) in [7, 11) is 0. The van der Waals surface area contributed by atoms with Gasteiger partial charge in [-0.3, -0.25) is 4.79 Å². The van der Waals surface area contributed by atoms with E-state index in [0.29, 0.717) is 11.6 Å². The van der Waals surface area contributed by atoms with E-state index in [9.17, 15) is 4.79 Å². The van der Waals surface area contributed by atoms with Gasteiger partial charge in [0.2, 0.25) is 0 Å². The molecule has 0 unspecified atom stereocenters. The normalized spacial score (nSPS) is 12.7. The Balaban J connectivity index is 2.08. The summed E-state index contributed by atoms with van der Waals surface area (Å²) in [5.41, 5.74) is 2.98. The number of H-pyrrole nitrogens is 1. The molecule has 2 aromatic carbocycles.